The van der Waals surface area contributed by atoms with Crippen molar-refractivity contribution in [2.45, 2.75) is 54.4 Å². The van der Waals surface area contributed by atoms with Gasteiger partial charge in [0.2, 0.25) is 0 Å². The molecule has 0 N–H and O–H groups in total. The normalized spacial score (nSPS) is 14.4. The summed E-state index contributed by atoms with van der Waals surface area (Å²) < 4.78 is 0. The molecule has 0 rings (SSSR count). The molecule has 0 fully saturated rings. The topological polar surface area (TPSA) is 0 Å². The lowest BCUT2D eigenvalue weighted by Crippen LogP contribution is -2.02. The van der Waals surface area contributed by atoms with E-state index in [0.717, 1.165) is 6.42 Å². The highest BCUT2D eigenvalue weighted by atomic mass is 14.2. The van der Waals surface area contributed by atoms with Crippen LogP contribution in [0.4, 0.5) is 0 Å². The Morgan fingerprint density at radius 3 is 2.13 bits per heavy atom. The molecule has 1 unspecified atom stereocenters. The summed E-state index contributed by atoms with van der Waals surface area (Å²) in [6, 6.07) is 0. The van der Waals surface area contributed by atoms with Crippen molar-refractivity contribution in [3.8, 4) is 0 Å². The first-order valence-electron chi connectivity index (χ1n) is 6.08. The summed E-state index contributed by atoms with van der Waals surface area (Å²) in [5.74, 6) is 0.655. The molecule has 1 atom stereocenters. The Hall–Kier alpha value is -0.780. The van der Waals surface area contributed by atoms with E-state index >= 15 is 0 Å². The third-order valence-electron chi connectivity index (χ3n) is 2.80. The van der Waals surface area contributed by atoms with E-state index in [1.54, 1.807) is 0 Å². The molecule has 0 aromatic heterocycles. The Labute approximate surface area is 95.8 Å². The molecule has 0 aliphatic rings. The van der Waals surface area contributed by atoms with Crippen LogP contribution < -0.4 is 0 Å². The Balaban J connectivity index is 5.09. The van der Waals surface area contributed by atoms with Crippen molar-refractivity contribution in [3.63, 3.8) is 0 Å². The van der Waals surface area contributed by atoms with E-state index in [2.05, 4.69) is 59.8 Å². The average Bonchev–Trinajstić information content (AvgIpc) is 2.22. The van der Waals surface area contributed by atoms with Crippen molar-refractivity contribution in [2.75, 3.05) is 0 Å². The number of allylic oxidation sites excluding steroid dienone is 6. The molecule has 0 aromatic carbocycles. The predicted octanol–water partition coefficient (Wildman–Crippen LogP) is 5.28. The van der Waals surface area contributed by atoms with Crippen molar-refractivity contribution >= 4 is 0 Å². The Morgan fingerprint density at radius 1 is 1.20 bits per heavy atom. The van der Waals surface area contributed by atoms with Gasteiger partial charge in [0.25, 0.3) is 0 Å². The van der Waals surface area contributed by atoms with Crippen LogP contribution in [0.1, 0.15) is 54.4 Å². The van der Waals surface area contributed by atoms with Crippen molar-refractivity contribution in [3.05, 3.63) is 34.9 Å². The van der Waals surface area contributed by atoms with Gasteiger partial charge in [-0.25, -0.2) is 0 Å². The molecule has 0 spiro atoms. The quantitative estimate of drug-likeness (QED) is 0.537. The third kappa shape index (κ3) is 4.51. The molecule has 0 heteroatoms. The molecule has 0 heterocycles. The Kier molecular flexibility index (Phi) is 7.11. The smallest absolute Gasteiger partial charge is 0.0188 e. The molecule has 0 bridgehead atoms. The van der Waals surface area contributed by atoms with Gasteiger partial charge in [-0.2, -0.15) is 0 Å². The summed E-state index contributed by atoms with van der Waals surface area (Å²) in [6.07, 6.45) is 9.03. The standard InChI is InChI=1S/C15H26/c1-7-10-11-14(9-3)15(12(4)5)13(6)8-2/h9-11,13H,7-8H2,1-6H3. The minimum absolute atomic E-state index is 0.655. The highest BCUT2D eigenvalue weighted by Crippen LogP contribution is 2.26. The summed E-state index contributed by atoms with van der Waals surface area (Å²) in [5.41, 5.74) is 4.36. The molecular weight excluding hydrogens is 180 g/mol. The number of hydrogen-bond donors (Lipinski definition) is 0. The van der Waals surface area contributed by atoms with Crippen LogP contribution in [-0.2, 0) is 0 Å². The maximum atomic E-state index is 2.31. The summed E-state index contributed by atoms with van der Waals surface area (Å²) in [7, 11) is 0. The van der Waals surface area contributed by atoms with E-state index in [4.69, 9.17) is 0 Å². The van der Waals surface area contributed by atoms with E-state index < -0.39 is 0 Å². The Bertz CT molecular complexity index is 260. The van der Waals surface area contributed by atoms with Gasteiger partial charge in [-0.3, -0.25) is 0 Å². The first-order chi connectivity index (χ1) is 7.08. The zero-order valence-corrected chi connectivity index (χ0v) is 11.2. The fourth-order valence-electron chi connectivity index (χ4n) is 1.86. The zero-order valence-electron chi connectivity index (χ0n) is 11.2. The van der Waals surface area contributed by atoms with E-state index in [1.165, 1.54) is 23.1 Å². The van der Waals surface area contributed by atoms with Crippen LogP contribution in [-0.4, -0.2) is 0 Å². The fraction of sp³-hybridized carbons (Fsp3) is 0.600. The van der Waals surface area contributed by atoms with Gasteiger partial charge in [-0.15, -0.1) is 0 Å². The van der Waals surface area contributed by atoms with E-state index in [0.29, 0.717) is 5.92 Å². The van der Waals surface area contributed by atoms with Crippen LogP contribution in [0.25, 0.3) is 0 Å². The van der Waals surface area contributed by atoms with Gasteiger partial charge in [0, 0.05) is 0 Å². The van der Waals surface area contributed by atoms with Crippen LogP contribution in [0.3, 0.4) is 0 Å². The SMILES string of the molecule is CC=C(C=CCC)C(=C(C)C)C(C)CC. The molecule has 0 radical (unpaired) electrons. The number of hydrogen-bond acceptors (Lipinski definition) is 0. The van der Waals surface area contributed by atoms with Gasteiger partial charge >= 0.3 is 0 Å². The predicted molar refractivity (Wildman–Crippen MR) is 71.0 cm³/mol. The first kappa shape index (κ1) is 14.2. The van der Waals surface area contributed by atoms with Gasteiger partial charge in [-0.1, -0.05) is 44.6 Å². The minimum Gasteiger partial charge on any atom is -0.0842 e. The highest BCUT2D eigenvalue weighted by molar-refractivity contribution is 5.42. The molecule has 15 heavy (non-hydrogen) atoms. The highest BCUT2D eigenvalue weighted by Gasteiger charge is 2.10. The number of rotatable bonds is 5. The van der Waals surface area contributed by atoms with Crippen LogP contribution in [0.15, 0.2) is 34.9 Å². The van der Waals surface area contributed by atoms with Gasteiger partial charge in [0.15, 0.2) is 0 Å². The van der Waals surface area contributed by atoms with Gasteiger partial charge in [0.1, 0.15) is 0 Å². The fourth-order valence-corrected chi connectivity index (χ4v) is 1.86. The van der Waals surface area contributed by atoms with Crippen LogP contribution >= 0.6 is 0 Å². The minimum atomic E-state index is 0.655. The van der Waals surface area contributed by atoms with E-state index in [1.807, 2.05) is 0 Å². The molecule has 0 aromatic rings. The second-order valence-electron chi connectivity index (χ2n) is 4.28. The van der Waals surface area contributed by atoms with Crippen molar-refractivity contribution in [1.82, 2.24) is 0 Å². The Morgan fingerprint density at radius 2 is 1.80 bits per heavy atom. The summed E-state index contributed by atoms with van der Waals surface area (Å²) >= 11 is 0. The largest absolute Gasteiger partial charge is 0.0842 e. The first-order valence-corrected chi connectivity index (χ1v) is 6.08. The maximum Gasteiger partial charge on any atom is -0.0188 e. The molecule has 86 valence electrons. The molecule has 0 aliphatic heterocycles. The van der Waals surface area contributed by atoms with Crippen molar-refractivity contribution in [1.29, 1.82) is 0 Å². The summed E-state index contributed by atoms with van der Waals surface area (Å²) in [5, 5.41) is 0. The van der Waals surface area contributed by atoms with Crippen molar-refractivity contribution in [2.24, 2.45) is 5.92 Å². The van der Waals surface area contributed by atoms with E-state index in [-0.39, 0.29) is 0 Å². The lowest BCUT2D eigenvalue weighted by atomic mass is 9.88. The lowest BCUT2D eigenvalue weighted by molar-refractivity contribution is 0.657. The molecular formula is C15H26. The van der Waals surface area contributed by atoms with Crippen LogP contribution in [0.5, 0.6) is 0 Å². The second kappa shape index (κ2) is 7.50. The zero-order chi connectivity index (χ0) is 11.8. The third-order valence-corrected chi connectivity index (χ3v) is 2.80. The molecule has 0 amide bonds. The van der Waals surface area contributed by atoms with Crippen molar-refractivity contribution < 1.29 is 0 Å². The van der Waals surface area contributed by atoms with Gasteiger partial charge < -0.3 is 0 Å². The van der Waals surface area contributed by atoms with E-state index in [9.17, 15) is 0 Å². The second-order valence-corrected chi connectivity index (χ2v) is 4.28. The van der Waals surface area contributed by atoms with Crippen LogP contribution in [0.2, 0.25) is 0 Å². The van der Waals surface area contributed by atoms with Crippen LogP contribution in [0, 0.1) is 5.92 Å². The molecule has 0 aliphatic carbocycles. The summed E-state index contributed by atoms with van der Waals surface area (Å²) in [4.78, 5) is 0. The molecule has 0 saturated heterocycles. The lowest BCUT2D eigenvalue weighted by Gasteiger charge is -2.17. The van der Waals surface area contributed by atoms with Gasteiger partial charge in [0.05, 0.1) is 0 Å². The maximum absolute atomic E-state index is 2.31. The van der Waals surface area contributed by atoms with Gasteiger partial charge in [-0.05, 0) is 50.7 Å². The molecule has 0 nitrogen and oxygen atoms in total. The summed E-state index contributed by atoms with van der Waals surface area (Å²) in [6.45, 7) is 13.3. The average molecular weight is 206 g/mol. The monoisotopic (exact) mass is 206 g/mol. The molecule has 0 saturated carbocycles.